The molecule has 0 bridgehead atoms. The van der Waals surface area contributed by atoms with Gasteiger partial charge in [0.1, 0.15) is 0 Å². The molecule has 0 unspecified atom stereocenters. The second-order valence-electron chi connectivity index (χ2n) is 5.60. The Bertz CT molecular complexity index is 954. The molecule has 1 amide bonds. The number of ether oxygens (including phenoxy) is 2. The summed E-state index contributed by atoms with van der Waals surface area (Å²) >= 11 is 0. The number of azo groups is 1. The Kier molecular flexibility index (Phi) is 4.30. The van der Waals surface area contributed by atoms with Crippen molar-refractivity contribution in [3.8, 4) is 11.5 Å². The van der Waals surface area contributed by atoms with Crippen molar-refractivity contribution in [2.24, 2.45) is 10.2 Å². The minimum absolute atomic E-state index is 0.180. The van der Waals surface area contributed by atoms with Crippen molar-refractivity contribution in [2.75, 3.05) is 12.1 Å². The van der Waals surface area contributed by atoms with E-state index in [1.165, 1.54) is 0 Å². The summed E-state index contributed by atoms with van der Waals surface area (Å²) in [5.41, 5.74) is 2.66. The molecule has 0 aliphatic carbocycles. The van der Waals surface area contributed by atoms with Crippen LogP contribution in [0.3, 0.4) is 0 Å². The van der Waals surface area contributed by atoms with Crippen molar-refractivity contribution >= 4 is 23.0 Å². The SMILES string of the molecule is O=C(Nc1ccc(N=Nc2ccccc2)cc1)c1ccc2c(c1)OCO2. The molecule has 1 N–H and O–H groups in total. The van der Waals surface area contributed by atoms with Gasteiger partial charge in [0.2, 0.25) is 6.79 Å². The number of nitrogens with zero attached hydrogens (tertiary/aromatic N) is 2. The molecule has 0 fully saturated rings. The number of rotatable bonds is 4. The van der Waals surface area contributed by atoms with Crippen LogP contribution in [0.4, 0.5) is 17.1 Å². The van der Waals surface area contributed by atoms with Crippen LogP contribution >= 0.6 is 0 Å². The number of benzene rings is 3. The number of hydrogen-bond acceptors (Lipinski definition) is 5. The maximum absolute atomic E-state index is 12.4. The van der Waals surface area contributed by atoms with E-state index in [0.29, 0.717) is 28.4 Å². The van der Waals surface area contributed by atoms with E-state index in [1.807, 2.05) is 30.3 Å². The molecule has 3 aromatic rings. The van der Waals surface area contributed by atoms with Gasteiger partial charge >= 0.3 is 0 Å². The van der Waals surface area contributed by atoms with Crippen LogP contribution in [0.1, 0.15) is 10.4 Å². The number of hydrogen-bond donors (Lipinski definition) is 1. The molecular weight excluding hydrogens is 330 g/mol. The Morgan fingerprint density at radius 1 is 0.808 bits per heavy atom. The van der Waals surface area contributed by atoms with Crippen LogP contribution in [0.25, 0.3) is 0 Å². The lowest BCUT2D eigenvalue weighted by Gasteiger charge is -2.06. The molecule has 1 heterocycles. The second kappa shape index (κ2) is 7.06. The zero-order valence-corrected chi connectivity index (χ0v) is 13.8. The third-order valence-electron chi connectivity index (χ3n) is 3.80. The van der Waals surface area contributed by atoms with Gasteiger partial charge in [0.05, 0.1) is 11.4 Å². The number of nitrogens with one attached hydrogen (secondary N) is 1. The average molecular weight is 345 g/mol. The monoisotopic (exact) mass is 345 g/mol. The molecule has 1 aliphatic heterocycles. The molecule has 6 heteroatoms. The first kappa shape index (κ1) is 15.8. The largest absolute Gasteiger partial charge is 0.454 e. The molecule has 4 rings (SSSR count). The summed E-state index contributed by atoms with van der Waals surface area (Å²) in [5, 5.41) is 11.2. The molecule has 0 radical (unpaired) electrons. The lowest BCUT2D eigenvalue weighted by atomic mass is 10.2. The predicted octanol–water partition coefficient (Wildman–Crippen LogP) is 5.08. The highest BCUT2D eigenvalue weighted by molar-refractivity contribution is 6.04. The van der Waals surface area contributed by atoms with Gasteiger partial charge in [-0.3, -0.25) is 4.79 Å². The number of fused-ring (bicyclic) bond motifs is 1. The molecule has 3 aromatic carbocycles. The maximum Gasteiger partial charge on any atom is 0.255 e. The van der Waals surface area contributed by atoms with Gasteiger partial charge in [-0.2, -0.15) is 10.2 Å². The summed E-state index contributed by atoms with van der Waals surface area (Å²) in [6.45, 7) is 0.180. The Hall–Kier alpha value is -3.67. The molecular formula is C20H15N3O3. The van der Waals surface area contributed by atoms with Gasteiger partial charge in [0, 0.05) is 11.3 Å². The topological polar surface area (TPSA) is 72.3 Å². The van der Waals surface area contributed by atoms with Gasteiger partial charge in [-0.05, 0) is 54.6 Å². The van der Waals surface area contributed by atoms with E-state index < -0.39 is 0 Å². The summed E-state index contributed by atoms with van der Waals surface area (Å²) in [4.78, 5) is 12.4. The fourth-order valence-corrected chi connectivity index (χ4v) is 2.46. The van der Waals surface area contributed by atoms with Gasteiger partial charge in [0.25, 0.3) is 5.91 Å². The third-order valence-corrected chi connectivity index (χ3v) is 3.80. The van der Waals surface area contributed by atoms with E-state index in [1.54, 1.807) is 42.5 Å². The first-order valence-corrected chi connectivity index (χ1v) is 8.06. The van der Waals surface area contributed by atoms with Crippen LogP contribution < -0.4 is 14.8 Å². The van der Waals surface area contributed by atoms with E-state index in [9.17, 15) is 4.79 Å². The predicted molar refractivity (Wildman–Crippen MR) is 97.6 cm³/mol. The van der Waals surface area contributed by atoms with Gasteiger partial charge in [-0.25, -0.2) is 0 Å². The third kappa shape index (κ3) is 3.54. The molecule has 0 aromatic heterocycles. The van der Waals surface area contributed by atoms with E-state index in [4.69, 9.17) is 9.47 Å². The first-order chi connectivity index (χ1) is 12.8. The van der Waals surface area contributed by atoms with Crippen molar-refractivity contribution in [3.05, 3.63) is 78.4 Å². The lowest BCUT2D eigenvalue weighted by Crippen LogP contribution is -2.11. The summed E-state index contributed by atoms with van der Waals surface area (Å²) in [6.07, 6.45) is 0. The second-order valence-corrected chi connectivity index (χ2v) is 5.60. The number of carbonyl (C=O) groups excluding carboxylic acids is 1. The minimum Gasteiger partial charge on any atom is -0.454 e. The standard InChI is InChI=1S/C20H15N3O3/c24-20(14-6-11-18-19(12-14)26-13-25-18)21-15-7-9-17(10-8-15)23-22-16-4-2-1-3-5-16/h1-12H,13H2,(H,21,24). The molecule has 0 spiro atoms. The molecule has 1 aliphatic rings. The van der Waals surface area contributed by atoms with Crippen LogP contribution in [-0.2, 0) is 0 Å². The number of anilines is 1. The summed E-state index contributed by atoms with van der Waals surface area (Å²) < 4.78 is 10.5. The van der Waals surface area contributed by atoms with Crippen molar-refractivity contribution in [1.29, 1.82) is 0 Å². The fourth-order valence-electron chi connectivity index (χ4n) is 2.46. The Labute approximate surface area is 150 Å². The summed E-state index contributed by atoms with van der Waals surface area (Å²) in [6, 6.07) is 21.7. The number of amides is 1. The Balaban J connectivity index is 1.42. The Morgan fingerprint density at radius 3 is 2.27 bits per heavy atom. The molecule has 0 saturated heterocycles. The van der Waals surface area contributed by atoms with Crippen LogP contribution in [-0.4, -0.2) is 12.7 Å². The highest BCUT2D eigenvalue weighted by atomic mass is 16.7. The normalized spacial score (nSPS) is 12.3. The minimum atomic E-state index is -0.220. The molecule has 0 atom stereocenters. The van der Waals surface area contributed by atoms with Crippen molar-refractivity contribution in [2.45, 2.75) is 0 Å². The van der Waals surface area contributed by atoms with Gasteiger partial charge in [-0.1, -0.05) is 18.2 Å². The van der Waals surface area contributed by atoms with Gasteiger partial charge < -0.3 is 14.8 Å². The fraction of sp³-hybridized carbons (Fsp3) is 0.0500. The first-order valence-electron chi connectivity index (χ1n) is 8.06. The van der Waals surface area contributed by atoms with E-state index in [2.05, 4.69) is 15.5 Å². The van der Waals surface area contributed by atoms with E-state index >= 15 is 0 Å². The van der Waals surface area contributed by atoms with Crippen molar-refractivity contribution in [3.63, 3.8) is 0 Å². The molecule has 6 nitrogen and oxygen atoms in total. The van der Waals surface area contributed by atoms with Crippen LogP contribution in [0.5, 0.6) is 11.5 Å². The van der Waals surface area contributed by atoms with Crippen LogP contribution in [0, 0.1) is 0 Å². The highest BCUT2D eigenvalue weighted by Crippen LogP contribution is 2.32. The quantitative estimate of drug-likeness (QED) is 0.670. The van der Waals surface area contributed by atoms with Crippen molar-refractivity contribution in [1.82, 2.24) is 0 Å². The Morgan fingerprint density at radius 2 is 1.50 bits per heavy atom. The molecule has 26 heavy (non-hydrogen) atoms. The maximum atomic E-state index is 12.4. The van der Waals surface area contributed by atoms with E-state index in [-0.39, 0.29) is 12.7 Å². The highest BCUT2D eigenvalue weighted by Gasteiger charge is 2.16. The van der Waals surface area contributed by atoms with Crippen LogP contribution in [0.15, 0.2) is 83.0 Å². The zero-order chi connectivity index (χ0) is 17.8. The number of carbonyl (C=O) groups is 1. The summed E-state index contributed by atoms with van der Waals surface area (Å²) in [5.74, 6) is 1.01. The lowest BCUT2D eigenvalue weighted by molar-refractivity contribution is 0.102. The summed E-state index contributed by atoms with van der Waals surface area (Å²) in [7, 11) is 0. The molecule has 128 valence electrons. The zero-order valence-electron chi connectivity index (χ0n) is 13.8. The molecule has 0 saturated carbocycles. The van der Waals surface area contributed by atoms with Gasteiger partial charge in [0.15, 0.2) is 11.5 Å². The average Bonchev–Trinajstić information content (AvgIpc) is 3.16. The van der Waals surface area contributed by atoms with Gasteiger partial charge in [-0.15, -0.1) is 0 Å². The smallest absolute Gasteiger partial charge is 0.255 e. The van der Waals surface area contributed by atoms with E-state index in [0.717, 1.165) is 5.69 Å². The van der Waals surface area contributed by atoms with Crippen LogP contribution in [0.2, 0.25) is 0 Å². The van der Waals surface area contributed by atoms with Crippen molar-refractivity contribution < 1.29 is 14.3 Å².